The first kappa shape index (κ1) is 21.0. The summed E-state index contributed by atoms with van der Waals surface area (Å²) in [5.74, 6) is 0.565. The summed E-state index contributed by atoms with van der Waals surface area (Å²) >= 11 is 0. The van der Waals surface area contributed by atoms with Crippen LogP contribution in [0, 0.1) is 5.92 Å². The number of carbonyl (C=O) groups excluding carboxylic acids is 1. The number of hydrogen-bond donors (Lipinski definition) is 0. The van der Waals surface area contributed by atoms with Gasteiger partial charge in [-0.15, -0.1) is 0 Å². The Bertz CT molecular complexity index is 448. The lowest BCUT2D eigenvalue weighted by molar-refractivity contribution is 0.104. The number of likely N-dealkylation sites (tertiary alicyclic amines) is 2. The second-order valence-electron chi connectivity index (χ2n) is 7.35. The Hall–Kier alpha value is -1.30. The van der Waals surface area contributed by atoms with Crippen LogP contribution in [0.3, 0.4) is 0 Å². The van der Waals surface area contributed by atoms with E-state index in [0.717, 1.165) is 51.9 Å². The molecule has 2 saturated heterocycles. The van der Waals surface area contributed by atoms with Crippen LogP contribution in [0.1, 0.15) is 65.7 Å². The molecule has 150 valence electrons. The molecule has 0 radical (unpaired) electrons. The highest BCUT2D eigenvalue weighted by atomic mass is 16.6. The average Bonchev–Trinajstić information content (AvgIpc) is 2.92. The minimum absolute atomic E-state index is 0.150. The number of piperidine rings is 1. The van der Waals surface area contributed by atoms with Gasteiger partial charge in [0.05, 0.1) is 12.3 Å². The number of hydrogen-bond acceptors (Lipinski definition) is 5. The Balaban J connectivity index is 1.80. The van der Waals surface area contributed by atoms with Crippen molar-refractivity contribution in [2.24, 2.45) is 11.1 Å². The van der Waals surface area contributed by atoms with Crippen LogP contribution in [-0.4, -0.2) is 67.0 Å². The van der Waals surface area contributed by atoms with Gasteiger partial charge in [-0.2, -0.15) is 0 Å². The lowest BCUT2D eigenvalue weighted by Crippen LogP contribution is -2.43. The number of carbonyl (C=O) groups is 1. The average molecular weight is 368 g/mol. The second kappa shape index (κ2) is 11.4. The normalized spacial score (nSPS) is 23.6. The smallest absolute Gasteiger partial charge is 0.409 e. The molecule has 2 rings (SSSR count). The minimum atomic E-state index is -0.150. The van der Waals surface area contributed by atoms with E-state index in [9.17, 15) is 4.79 Å². The number of nitrogens with zero attached hydrogens (tertiary/aromatic N) is 3. The molecule has 1 atom stereocenters. The van der Waals surface area contributed by atoms with Crippen LogP contribution in [0.25, 0.3) is 0 Å². The fourth-order valence-corrected chi connectivity index (χ4v) is 4.09. The highest BCUT2D eigenvalue weighted by Crippen LogP contribution is 2.26. The number of rotatable bonds is 7. The third-order valence-corrected chi connectivity index (χ3v) is 5.58. The molecule has 0 aromatic rings. The molecule has 0 saturated carbocycles. The van der Waals surface area contributed by atoms with E-state index in [1.807, 2.05) is 11.8 Å². The van der Waals surface area contributed by atoms with Gasteiger partial charge in [-0.25, -0.2) is 4.79 Å². The van der Waals surface area contributed by atoms with Gasteiger partial charge < -0.3 is 19.4 Å². The molecular weight excluding hydrogens is 330 g/mol. The van der Waals surface area contributed by atoms with Crippen molar-refractivity contribution < 1.29 is 14.4 Å². The number of amides is 1. The van der Waals surface area contributed by atoms with Crippen molar-refractivity contribution in [2.45, 2.75) is 71.8 Å². The van der Waals surface area contributed by atoms with Crippen LogP contribution in [0.15, 0.2) is 5.16 Å². The molecule has 0 bridgehead atoms. The summed E-state index contributed by atoms with van der Waals surface area (Å²) in [7, 11) is 0. The SMILES string of the molecule is CCCO/N=C(\CC)C1CCN(C2CCCN(C(=O)OCC)CC2)CC1. The zero-order chi connectivity index (χ0) is 18.8. The van der Waals surface area contributed by atoms with Crippen molar-refractivity contribution in [2.75, 3.05) is 39.4 Å². The van der Waals surface area contributed by atoms with Crippen molar-refractivity contribution in [1.29, 1.82) is 0 Å². The van der Waals surface area contributed by atoms with Crippen molar-refractivity contribution >= 4 is 11.8 Å². The van der Waals surface area contributed by atoms with Crippen LogP contribution in [0.2, 0.25) is 0 Å². The minimum Gasteiger partial charge on any atom is -0.450 e. The van der Waals surface area contributed by atoms with E-state index in [1.165, 1.54) is 25.0 Å². The molecule has 6 heteroatoms. The van der Waals surface area contributed by atoms with Crippen LogP contribution in [0.4, 0.5) is 4.79 Å². The summed E-state index contributed by atoms with van der Waals surface area (Å²) in [6.45, 7) is 11.2. The van der Waals surface area contributed by atoms with Crippen LogP contribution in [-0.2, 0) is 9.57 Å². The molecule has 6 nitrogen and oxygen atoms in total. The maximum atomic E-state index is 12.0. The first-order chi connectivity index (χ1) is 12.7. The number of ether oxygens (including phenoxy) is 1. The van der Waals surface area contributed by atoms with Gasteiger partial charge in [-0.3, -0.25) is 0 Å². The Labute approximate surface area is 158 Å². The molecule has 0 N–H and O–H groups in total. The molecule has 0 aromatic heterocycles. The highest BCUT2D eigenvalue weighted by molar-refractivity contribution is 5.86. The van der Waals surface area contributed by atoms with Gasteiger partial charge in [0.25, 0.3) is 0 Å². The van der Waals surface area contributed by atoms with Crippen LogP contribution >= 0.6 is 0 Å². The van der Waals surface area contributed by atoms with Crippen LogP contribution < -0.4 is 0 Å². The van der Waals surface area contributed by atoms with E-state index >= 15 is 0 Å². The number of oxime groups is 1. The van der Waals surface area contributed by atoms with E-state index in [-0.39, 0.29) is 6.09 Å². The molecule has 1 unspecified atom stereocenters. The first-order valence-electron chi connectivity index (χ1n) is 10.5. The maximum absolute atomic E-state index is 12.0. The van der Waals surface area contributed by atoms with Gasteiger partial charge in [0.15, 0.2) is 0 Å². The van der Waals surface area contributed by atoms with E-state index in [4.69, 9.17) is 9.57 Å². The molecule has 1 amide bonds. The largest absolute Gasteiger partial charge is 0.450 e. The van der Waals surface area contributed by atoms with Gasteiger partial charge in [-0.1, -0.05) is 19.0 Å². The predicted octanol–water partition coefficient (Wildman–Crippen LogP) is 3.90. The van der Waals surface area contributed by atoms with Crippen molar-refractivity contribution in [3.05, 3.63) is 0 Å². The van der Waals surface area contributed by atoms with E-state index < -0.39 is 0 Å². The van der Waals surface area contributed by atoms with Gasteiger partial charge in [-0.05, 0) is 65.0 Å². The van der Waals surface area contributed by atoms with Crippen molar-refractivity contribution in [3.8, 4) is 0 Å². The van der Waals surface area contributed by atoms with Gasteiger partial charge >= 0.3 is 6.09 Å². The Kier molecular flexibility index (Phi) is 9.23. The lowest BCUT2D eigenvalue weighted by atomic mass is 9.89. The molecule has 2 aliphatic rings. The third kappa shape index (κ3) is 6.15. The molecule has 0 aromatic carbocycles. The summed E-state index contributed by atoms with van der Waals surface area (Å²) < 4.78 is 5.16. The van der Waals surface area contributed by atoms with Gasteiger partial charge in [0.2, 0.25) is 0 Å². The summed E-state index contributed by atoms with van der Waals surface area (Å²) in [5.41, 5.74) is 1.23. The highest BCUT2D eigenvalue weighted by Gasteiger charge is 2.29. The standard InChI is InChI=1S/C20H37N3O3/c1-4-16-26-21-19(5-2)17-9-13-22(14-10-17)18-8-7-12-23(15-11-18)20(24)25-6-3/h17-18H,4-16H2,1-3H3/b21-19+. The van der Waals surface area contributed by atoms with Gasteiger partial charge in [0.1, 0.15) is 6.61 Å². The van der Waals surface area contributed by atoms with Crippen molar-refractivity contribution in [1.82, 2.24) is 9.80 Å². The predicted molar refractivity (Wildman–Crippen MR) is 105 cm³/mol. The summed E-state index contributed by atoms with van der Waals surface area (Å²) in [6.07, 6.45) is 7.46. The first-order valence-corrected chi connectivity index (χ1v) is 10.5. The van der Waals surface area contributed by atoms with E-state index in [2.05, 4.69) is 23.9 Å². The molecule has 0 spiro atoms. The summed E-state index contributed by atoms with van der Waals surface area (Å²) in [4.78, 5) is 21.9. The van der Waals surface area contributed by atoms with Crippen LogP contribution in [0.5, 0.6) is 0 Å². The fraction of sp³-hybridized carbons (Fsp3) is 0.900. The topological polar surface area (TPSA) is 54.4 Å². The monoisotopic (exact) mass is 367 g/mol. The Morgan fingerprint density at radius 3 is 2.46 bits per heavy atom. The Morgan fingerprint density at radius 2 is 1.81 bits per heavy atom. The zero-order valence-corrected chi connectivity index (χ0v) is 16.9. The molecule has 2 heterocycles. The quantitative estimate of drug-likeness (QED) is 0.389. The maximum Gasteiger partial charge on any atom is 0.409 e. The van der Waals surface area contributed by atoms with Gasteiger partial charge in [0, 0.05) is 25.0 Å². The molecule has 26 heavy (non-hydrogen) atoms. The molecule has 2 aliphatic heterocycles. The van der Waals surface area contributed by atoms with E-state index in [0.29, 0.717) is 25.2 Å². The summed E-state index contributed by atoms with van der Waals surface area (Å²) in [6, 6.07) is 0.591. The molecular formula is C20H37N3O3. The van der Waals surface area contributed by atoms with Crippen molar-refractivity contribution in [3.63, 3.8) is 0 Å². The summed E-state index contributed by atoms with van der Waals surface area (Å²) in [5, 5.41) is 4.40. The lowest BCUT2D eigenvalue weighted by Gasteiger charge is -2.37. The van der Waals surface area contributed by atoms with E-state index in [1.54, 1.807) is 0 Å². The third-order valence-electron chi connectivity index (χ3n) is 5.58. The fourth-order valence-electron chi connectivity index (χ4n) is 4.09. The second-order valence-corrected chi connectivity index (χ2v) is 7.35. The Morgan fingerprint density at radius 1 is 1.04 bits per heavy atom. The molecule has 0 aliphatic carbocycles. The molecule has 2 fully saturated rings. The zero-order valence-electron chi connectivity index (χ0n) is 16.9.